The lowest BCUT2D eigenvalue weighted by Gasteiger charge is -2.41. The van der Waals surface area contributed by atoms with E-state index >= 15 is 0 Å². The maximum absolute atomic E-state index is 12.8. The number of ketones is 2. The zero-order valence-electron chi connectivity index (χ0n) is 24.4. The monoisotopic (exact) mass is 588 g/mol. The van der Waals surface area contributed by atoms with Crippen molar-refractivity contribution in [2.75, 3.05) is 32.5 Å². The Morgan fingerprint density at radius 3 is 2.35 bits per heavy atom. The number of piperidine rings is 1. The molecule has 2 fully saturated rings. The van der Waals surface area contributed by atoms with Gasteiger partial charge in [-0.3, -0.25) is 19.7 Å². The van der Waals surface area contributed by atoms with Crippen molar-refractivity contribution in [3.8, 4) is 5.75 Å². The van der Waals surface area contributed by atoms with Crippen molar-refractivity contribution in [2.24, 2.45) is 5.92 Å². The standard InChI is InChI=1S/C32H36N4O7/c1-19-12-13-24(43-19)25(21-14-16-36(17-15-21)32(41)42-18-20-8-5-4-6-9-20)34-27-26(29(38)30(27)39)33-23-11-7-10-22(28(23)37)31(40)35(2)3/h4-13,21,25-27,33-34,37H,14-18H2,1-3H3. The topological polar surface area (TPSA) is 141 Å². The second-order valence-electron chi connectivity index (χ2n) is 11.2. The van der Waals surface area contributed by atoms with Gasteiger partial charge in [0.2, 0.25) is 11.6 Å². The van der Waals surface area contributed by atoms with Crippen LogP contribution in [0.4, 0.5) is 10.5 Å². The van der Waals surface area contributed by atoms with Crippen molar-refractivity contribution < 1.29 is 33.4 Å². The van der Waals surface area contributed by atoms with Gasteiger partial charge in [-0.1, -0.05) is 36.4 Å². The molecule has 2 amide bonds. The first-order chi connectivity index (χ1) is 20.6. The summed E-state index contributed by atoms with van der Waals surface area (Å²) in [4.78, 5) is 53.7. The van der Waals surface area contributed by atoms with Crippen LogP contribution in [0.15, 0.2) is 65.1 Å². The predicted octanol–water partition coefficient (Wildman–Crippen LogP) is 3.68. The quantitative estimate of drug-likeness (QED) is 0.252. The fraction of sp³-hybridized carbons (Fsp3) is 0.375. The molecular weight excluding hydrogens is 552 g/mol. The summed E-state index contributed by atoms with van der Waals surface area (Å²) in [5.41, 5.74) is 1.17. The number of carbonyl (C=O) groups is 4. The van der Waals surface area contributed by atoms with E-state index in [2.05, 4.69) is 10.6 Å². The molecule has 3 unspecified atom stereocenters. The largest absolute Gasteiger partial charge is 0.505 e. The zero-order chi connectivity index (χ0) is 30.7. The lowest BCUT2D eigenvalue weighted by molar-refractivity contribution is -0.146. The number of ether oxygens (including phenoxy) is 1. The molecule has 11 heteroatoms. The molecule has 3 atom stereocenters. The summed E-state index contributed by atoms with van der Waals surface area (Å²) in [6, 6.07) is 15.6. The molecule has 11 nitrogen and oxygen atoms in total. The molecule has 0 bridgehead atoms. The van der Waals surface area contributed by atoms with Gasteiger partial charge >= 0.3 is 6.09 Å². The highest BCUT2D eigenvalue weighted by atomic mass is 16.6. The maximum atomic E-state index is 12.8. The van der Waals surface area contributed by atoms with Gasteiger partial charge in [0, 0.05) is 27.2 Å². The SMILES string of the molecule is Cc1ccc(C(NC2C(=O)C(=O)C2Nc2cccc(C(=O)N(C)C)c2O)C2CCN(C(=O)OCc3ccccc3)CC2)o1. The minimum Gasteiger partial charge on any atom is -0.505 e. The highest BCUT2D eigenvalue weighted by Gasteiger charge is 2.51. The van der Waals surface area contributed by atoms with Gasteiger partial charge in [-0.15, -0.1) is 0 Å². The van der Waals surface area contributed by atoms with Gasteiger partial charge in [0.15, 0.2) is 5.75 Å². The Bertz CT molecular complexity index is 1490. The molecule has 2 aromatic carbocycles. The van der Waals surface area contributed by atoms with Crippen LogP contribution in [0.5, 0.6) is 5.75 Å². The van der Waals surface area contributed by atoms with E-state index in [1.165, 1.54) is 11.0 Å². The molecule has 1 aliphatic carbocycles. The summed E-state index contributed by atoms with van der Waals surface area (Å²) >= 11 is 0. The van der Waals surface area contributed by atoms with Crippen LogP contribution in [-0.4, -0.2) is 77.7 Å². The molecule has 0 radical (unpaired) electrons. The fourth-order valence-electron chi connectivity index (χ4n) is 5.57. The highest BCUT2D eigenvalue weighted by molar-refractivity contribution is 6.49. The van der Waals surface area contributed by atoms with Crippen LogP contribution >= 0.6 is 0 Å². The lowest BCUT2D eigenvalue weighted by atomic mass is 9.80. The Hall–Kier alpha value is -4.64. The van der Waals surface area contributed by atoms with Crippen molar-refractivity contribution in [1.29, 1.82) is 0 Å². The van der Waals surface area contributed by atoms with Crippen LogP contribution in [0.25, 0.3) is 0 Å². The summed E-state index contributed by atoms with van der Waals surface area (Å²) in [7, 11) is 3.15. The molecule has 2 heterocycles. The second-order valence-corrected chi connectivity index (χ2v) is 11.2. The smallest absolute Gasteiger partial charge is 0.410 e. The first kappa shape index (κ1) is 29.8. The van der Waals surface area contributed by atoms with E-state index in [9.17, 15) is 24.3 Å². The number of amides is 2. The van der Waals surface area contributed by atoms with Crippen LogP contribution in [0, 0.1) is 12.8 Å². The molecule has 1 saturated carbocycles. The molecule has 2 aliphatic rings. The van der Waals surface area contributed by atoms with Crippen molar-refractivity contribution >= 4 is 29.3 Å². The number of aryl methyl sites for hydroxylation is 1. The number of para-hydroxylation sites is 1. The number of hydrogen-bond donors (Lipinski definition) is 3. The third-order valence-corrected chi connectivity index (χ3v) is 8.03. The average Bonchev–Trinajstić information content (AvgIpc) is 3.45. The second kappa shape index (κ2) is 12.7. The van der Waals surface area contributed by atoms with Crippen LogP contribution in [0.3, 0.4) is 0 Å². The third kappa shape index (κ3) is 6.41. The Labute approximate surface area is 249 Å². The van der Waals surface area contributed by atoms with E-state index in [-0.39, 0.29) is 35.6 Å². The van der Waals surface area contributed by atoms with Gasteiger partial charge in [-0.25, -0.2) is 4.79 Å². The summed E-state index contributed by atoms with van der Waals surface area (Å²) in [6.07, 6.45) is 0.875. The molecule has 1 saturated heterocycles. The van der Waals surface area contributed by atoms with E-state index < -0.39 is 35.6 Å². The summed E-state index contributed by atoms with van der Waals surface area (Å²) in [6.45, 7) is 2.97. The van der Waals surface area contributed by atoms with Gasteiger partial charge in [-0.05, 0) is 55.5 Å². The molecule has 43 heavy (non-hydrogen) atoms. The van der Waals surface area contributed by atoms with Crippen molar-refractivity contribution in [1.82, 2.24) is 15.1 Å². The number of phenolic OH excluding ortho intramolecular Hbond substituents is 1. The predicted molar refractivity (Wildman–Crippen MR) is 158 cm³/mol. The number of carbonyl (C=O) groups excluding carboxylic acids is 4. The Morgan fingerprint density at radius 2 is 1.70 bits per heavy atom. The molecule has 1 aliphatic heterocycles. The summed E-state index contributed by atoms with van der Waals surface area (Å²) in [5.74, 6) is -0.537. The fourth-order valence-corrected chi connectivity index (χ4v) is 5.57. The molecular formula is C32H36N4O7. The Balaban J connectivity index is 1.27. The first-order valence-corrected chi connectivity index (χ1v) is 14.3. The Morgan fingerprint density at radius 1 is 1.00 bits per heavy atom. The van der Waals surface area contributed by atoms with E-state index in [4.69, 9.17) is 9.15 Å². The summed E-state index contributed by atoms with van der Waals surface area (Å²) in [5, 5.41) is 17.1. The van der Waals surface area contributed by atoms with Crippen LogP contribution in [0.2, 0.25) is 0 Å². The number of phenols is 1. The van der Waals surface area contributed by atoms with E-state index in [0.717, 1.165) is 5.56 Å². The third-order valence-electron chi connectivity index (χ3n) is 8.03. The Kier molecular flexibility index (Phi) is 8.81. The molecule has 3 aromatic rings. The van der Waals surface area contributed by atoms with E-state index in [0.29, 0.717) is 37.5 Å². The normalized spacial score (nSPS) is 19.5. The number of nitrogens with zero attached hydrogens (tertiary/aromatic N) is 2. The van der Waals surface area contributed by atoms with Gasteiger partial charge in [0.1, 0.15) is 30.2 Å². The minimum atomic E-state index is -0.949. The average molecular weight is 589 g/mol. The number of Topliss-reactive ketones (excluding diaryl/α,β-unsaturated/α-hetero) is 2. The number of likely N-dealkylation sites (tertiary alicyclic amines) is 1. The maximum Gasteiger partial charge on any atom is 0.410 e. The van der Waals surface area contributed by atoms with Crippen LogP contribution < -0.4 is 10.6 Å². The molecule has 0 spiro atoms. The summed E-state index contributed by atoms with van der Waals surface area (Å²) < 4.78 is 11.5. The first-order valence-electron chi connectivity index (χ1n) is 14.3. The van der Waals surface area contributed by atoms with E-state index in [1.807, 2.05) is 49.4 Å². The number of furan rings is 1. The van der Waals surface area contributed by atoms with Crippen LogP contribution in [-0.2, 0) is 20.9 Å². The lowest BCUT2D eigenvalue weighted by Crippen LogP contribution is -2.68. The number of rotatable bonds is 9. The number of nitrogens with one attached hydrogen (secondary N) is 2. The minimum absolute atomic E-state index is 0.00215. The molecule has 1 aromatic heterocycles. The highest BCUT2D eigenvalue weighted by Crippen LogP contribution is 2.35. The zero-order valence-corrected chi connectivity index (χ0v) is 24.4. The van der Waals surface area contributed by atoms with E-state index in [1.54, 1.807) is 31.1 Å². The van der Waals surface area contributed by atoms with Crippen LogP contribution in [0.1, 0.15) is 46.3 Å². The van der Waals surface area contributed by atoms with Gasteiger partial charge < -0.3 is 29.4 Å². The van der Waals surface area contributed by atoms with Gasteiger partial charge in [0.05, 0.1) is 17.3 Å². The van der Waals surface area contributed by atoms with Gasteiger partial charge in [-0.2, -0.15) is 0 Å². The van der Waals surface area contributed by atoms with Crippen molar-refractivity contribution in [3.63, 3.8) is 0 Å². The number of anilines is 1. The van der Waals surface area contributed by atoms with Crippen molar-refractivity contribution in [2.45, 2.75) is 44.5 Å². The number of hydrogen-bond acceptors (Lipinski definition) is 9. The number of aromatic hydroxyl groups is 1. The van der Waals surface area contributed by atoms with Gasteiger partial charge in [0.25, 0.3) is 5.91 Å². The molecule has 3 N–H and O–H groups in total. The molecule has 226 valence electrons. The molecule has 5 rings (SSSR count). The number of benzene rings is 2. The van der Waals surface area contributed by atoms with Crippen molar-refractivity contribution in [3.05, 3.63) is 83.3 Å².